The van der Waals surface area contributed by atoms with E-state index in [4.69, 9.17) is 9.29 Å². The van der Waals surface area contributed by atoms with Gasteiger partial charge in [0.25, 0.3) is 10.1 Å². The average molecular weight is 222 g/mol. The number of ether oxygens (including phenoxy) is 1. The smallest absolute Gasteiger partial charge is 0.264 e. The van der Waals surface area contributed by atoms with Crippen LogP contribution in [0.25, 0.3) is 0 Å². The van der Waals surface area contributed by atoms with E-state index in [9.17, 15) is 8.42 Å². The summed E-state index contributed by atoms with van der Waals surface area (Å²) in [6, 6.07) is 0. The fourth-order valence-electron chi connectivity index (χ4n) is 0.493. The molecule has 0 rings (SSSR count). The minimum absolute atomic E-state index is 0.132. The van der Waals surface area contributed by atoms with E-state index >= 15 is 0 Å². The molecule has 0 amide bonds. The molecule has 4 nitrogen and oxygen atoms in total. The third kappa shape index (κ3) is 22.5. The van der Waals surface area contributed by atoms with Gasteiger partial charge in [-0.25, -0.2) is 0 Å². The molecule has 0 fully saturated rings. The molecule has 0 aliphatic rings. The maximum atomic E-state index is 9.79. The largest absolute Gasteiger partial charge is 0.373 e. The lowest BCUT2D eigenvalue weighted by Gasteiger charge is -1.89. The van der Waals surface area contributed by atoms with Crippen LogP contribution in [0.4, 0.5) is 0 Å². The highest BCUT2D eigenvalue weighted by molar-refractivity contribution is 7.85. The molecule has 0 atom stereocenters. The van der Waals surface area contributed by atoms with Crippen LogP contribution in [0.2, 0.25) is 0 Å². The van der Waals surface area contributed by atoms with E-state index in [1.54, 1.807) is 19.1 Å². The minimum atomic E-state index is -3.67. The predicted molar refractivity (Wildman–Crippen MR) is 57.9 cm³/mol. The molecule has 0 saturated heterocycles. The normalized spacial score (nSPS) is 9.86. The first-order valence-electron chi connectivity index (χ1n) is 4.22. The molecule has 84 valence electrons. The molecule has 0 aromatic heterocycles. The summed E-state index contributed by atoms with van der Waals surface area (Å²) in [4.78, 5) is 0. The van der Waals surface area contributed by atoms with Gasteiger partial charge in [0, 0.05) is 0 Å². The first-order valence-corrected chi connectivity index (χ1v) is 5.83. The monoisotopic (exact) mass is 222 g/mol. The summed E-state index contributed by atoms with van der Waals surface area (Å²) in [6.45, 7) is 9.87. The maximum Gasteiger partial charge on any atom is 0.264 e. The van der Waals surface area contributed by atoms with Crippen molar-refractivity contribution >= 4 is 10.1 Å². The van der Waals surface area contributed by atoms with Gasteiger partial charge in [-0.15, -0.1) is 13.2 Å². The van der Waals surface area contributed by atoms with E-state index in [1.165, 1.54) is 0 Å². The second-order valence-electron chi connectivity index (χ2n) is 2.40. The average Bonchev–Trinajstić information content (AvgIpc) is 2.04. The Bertz CT molecular complexity index is 223. The van der Waals surface area contributed by atoms with Gasteiger partial charge in [0.05, 0.1) is 19.0 Å². The van der Waals surface area contributed by atoms with Gasteiger partial charge in [-0.1, -0.05) is 19.1 Å². The highest BCUT2D eigenvalue weighted by Gasteiger charge is 1.98. The van der Waals surface area contributed by atoms with Crippen molar-refractivity contribution in [3.63, 3.8) is 0 Å². The quantitative estimate of drug-likeness (QED) is 0.422. The SMILES string of the molecule is C=CCOCC=C.CCCS(=O)(=O)O. The van der Waals surface area contributed by atoms with Crippen LogP contribution in [0, 0.1) is 0 Å². The summed E-state index contributed by atoms with van der Waals surface area (Å²) < 4.78 is 32.5. The second kappa shape index (κ2) is 10.4. The summed E-state index contributed by atoms with van der Waals surface area (Å²) in [5.41, 5.74) is 0. The number of hydrogen-bond acceptors (Lipinski definition) is 3. The minimum Gasteiger partial charge on any atom is -0.373 e. The van der Waals surface area contributed by atoms with Crippen molar-refractivity contribution in [3.8, 4) is 0 Å². The van der Waals surface area contributed by atoms with Crippen molar-refractivity contribution in [2.45, 2.75) is 13.3 Å². The van der Waals surface area contributed by atoms with Crippen molar-refractivity contribution in [2.75, 3.05) is 19.0 Å². The molecular weight excluding hydrogens is 204 g/mol. The van der Waals surface area contributed by atoms with Crippen LogP contribution >= 0.6 is 0 Å². The Kier molecular flexibility index (Phi) is 11.8. The molecule has 1 N–H and O–H groups in total. The lowest BCUT2D eigenvalue weighted by Crippen LogP contribution is -2.01. The van der Waals surface area contributed by atoms with Crippen LogP contribution in [0.1, 0.15) is 13.3 Å². The molecule has 0 unspecified atom stereocenters. The number of rotatable bonds is 6. The zero-order valence-corrected chi connectivity index (χ0v) is 9.29. The zero-order valence-electron chi connectivity index (χ0n) is 8.48. The van der Waals surface area contributed by atoms with Gasteiger partial charge in [-0.2, -0.15) is 8.42 Å². The third-order valence-electron chi connectivity index (χ3n) is 0.933. The fraction of sp³-hybridized carbons (Fsp3) is 0.556. The number of hydrogen-bond donors (Lipinski definition) is 1. The van der Waals surface area contributed by atoms with Crippen LogP contribution in [0.5, 0.6) is 0 Å². The van der Waals surface area contributed by atoms with E-state index in [1.807, 2.05) is 0 Å². The van der Waals surface area contributed by atoms with Crippen LogP contribution in [-0.4, -0.2) is 31.9 Å². The van der Waals surface area contributed by atoms with E-state index in [-0.39, 0.29) is 5.75 Å². The van der Waals surface area contributed by atoms with Gasteiger partial charge in [0.15, 0.2) is 0 Å². The van der Waals surface area contributed by atoms with Gasteiger partial charge in [0.1, 0.15) is 0 Å². The highest BCUT2D eigenvalue weighted by atomic mass is 32.2. The van der Waals surface area contributed by atoms with Crippen molar-refractivity contribution in [1.82, 2.24) is 0 Å². The summed E-state index contributed by atoms with van der Waals surface area (Å²) in [5.74, 6) is -0.132. The molecule has 0 heterocycles. The van der Waals surface area contributed by atoms with E-state index in [2.05, 4.69) is 13.2 Å². The van der Waals surface area contributed by atoms with E-state index < -0.39 is 10.1 Å². The van der Waals surface area contributed by atoms with Gasteiger partial charge in [-0.3, -0.25) is 4.55 Å². The Morgan fingerprint density at radius 3 is 1.86 bits per heavy atom. The first kappa shape index (κ1) is 15.8. The Hall–Kier alpha value is -0.650. The molecule has 0 aliphatic carbocycles. The molecule has 0 aromatic rings. The van der Waals surface area contributed by atoms with E-state index in [0.29, 0.717) is 19.6 Å². The summed E-state index contributed by atoms with van der Waals surface area (Å²) in [6.07, 6.45) is 3.89. The van der Waals surface area contributed by atoms with Crippen molar-refractivity contribution in [3.05, 3.63) is 25.3 Å². The molecule has 0 aliphatic heterocycles. The highest BCUT2D eigenvalue weighted by Crippen LogP contribution is 1.83. The standard InChI is InChI=1S/C6H10O.C3H8O3S/c1-3-5-7-6-4-2;1-2-3-7(4,5)6/h3-4H,1-2,5-6H2;2-3H2,1H3,(H,4,5,6). The molecule has 0 aromatic carbocycles. The molecule has 0 radical (unpaired) electrons. The summed E-state index contributed by atoms with van der Waals surface area (Å²) >= 11 is 0. The van der Waals surface area contributed by atoms with Gasteiger partial charge in [0.2, 0.25) is 0 Å². The second-order valence-corrected chi connectivity index (χ2v) is 3.97. The molecule has 0 spiro atoms. The Labute approximate surface area is 86.0 Å². The summed E-state index contributed by atoms with van der Waals surface area (Å²) in [7, 11) is -3.67. The van der Waals surface area contributed by atoms with Crippen LogP contribution < -0.4 is 0 Å². The fourth-order valence-corrected chi connectivity index (χ4v) is 1.01. The lowest BCUT2D eigenvalue weighted by atomic mass is 10.6. The molecule has 0 saturated carbocycles. The van der Waals surface area contributed by atoms with Crippen LogP contribution in [0.15, 0.2) is 25.3 Å². The lowest BCUT2D eigenvalue weighted by molar-refractivity contribution is 0.194. The van der Waals surface area contributed by atoms with Crippen molar-refractivity contribution < 1.29 is 17.7 Å². The van der Waals surface area contributed by atoms with Gasteiger partial charge in [-0.05, 0) is 6.42 Å². The van der Waals surface area contributed by atoms with Crippen LogP contribution in [-0.2, 0) is 14.9 Å². The molecule has 14 heavy (non-hydrogen) atoms. The van der Waals surface area contributed by atoms with Crippen molar-refractivity contribution in [2.24, 2.45) is 0 Å². The van der Waals surface area contributed by atoms with Gasteiger partial charge < -0.3 is 4.74 Å². The maximum absolute atomic E-state index is 9.79. The first-order chi connectivity index (χ1) is 6.47. The zero-order chi connectivity index (χ0) is 11.4. The van der Waals surface area contributed by atoms with Gasteiger partial charge >= 0.3 is 0 Å². The Morgan fingerprint density at radius 2 is 1.71 bits per heavy atom. The molecule has 5 heteroatoms. The predicted octanol–water partition coefficient (Wildman–Crippen LogP) is 1.66. The molecule has 0 bridgehead atoms. The Balaban J connectivity index is 0. The van der Waals surface area contributed by atoms with Crippen molar-refractivity contribution in [1.29, 1.82) is 0 Å². The molecular formula is C9H18O4S. The van der Waals surface area contributed by atoms with E-state index in [0.717, 1.165) is 0 Å². The Morgan fingerprint density at radius 1 is 1.29 bits per heavy atom. The topological polar surface area (TPSA) is 63.6 Å². The third-order valence-corrected chi connectivity index (χ3v) is 1.86. The summed E-state index contributed by atoms with van der Waals surface area (Å²) in [5, 5.41) is 0. The van der Waals surface area contributed by atoms with Crippen LogP contribution in [0.3, 0.4) is 0 Å².